The summed E-state index contributed by atoms with van der Waals surface area (Å²) < 4.78 is 25.1. The summed E-state index contributed by atoms with van der Waals surface area (Å²) in [5, 5.41) is 8.39. The minimum atomic E-state index is -3.71. The molecule has 2 rings (SSSR count). The standard InChI is InChI=1S/C14H20N4O2S/c1-3-7-18-8-6-16-14(18)10-17-12-5-4-11(2)13(9-12)21(15,19)20/h4-6,8-9,17H,3,7,10H2,1-2H3,(H2,15,19,20). The second kappa shape index (κ2) is 6.28. The maximum Gasteiger partial charge on any atom is 0.238 e. The number of anilines is 1. The van der Waals surface area contributed by atoms with E-state index in [0.29, 0.717) is 17.8 Å². The van der Waals surface area contributed by atoms with Crippen molar-refractivity contribution < 1.29 is 8.42 Å². The van der Waals surface area contributed by atoms with E-state index in [1.54, 1.807) is 25.3 Å². The maximum atomic E-state index is 11.5. The largest absolute Gasteiger partial charge is 0.378 e. The van der Waals surface area contributed by atoms with Crippen molar-refractivity contribution in [1.82, 2.24) is 9.55 Å². The van der Waals surface area contributed by atoms with E-state index in [1.807, 2.05) is 12.3 Å². The van der Waals surface area contributed by atoms with Crippen LogP contribution in [0.5, 0.6) is 0 Å². The van der Waals surface area contributed by atoms with Gasteiger partial charge in [0.1, 0.15) is 5.82 Å². The summed E-state index contributed by atoms with van der Waals surface area (Å²) in [6.45, 7) is 5.26. The first-order valence-corrected chi connectivity index (χ1v) is 8.33. The van der Waals surface area contributed by atoms with Gasteiger partial charge < -0.3 is 9.88 Å². The van der Waals surface area contributed by atoms with Crippen LogP contribution in [-0.4, -0.2) is 18.0 Å². The summed E-state index contributed by atoms with van der Waals surface area (Å²) >= 11 is 0. The van der Waals surface area contributed by atoms with Gasteiger partial charge in [-0.2, -0.15) is 0 Å². The van der Waals surface area contributed by atoms with Crippen LogP contribution in [0.15, 0.2) is 35.5 Å². The fraction of sp³-hybridized carbons (Fsp3) is 0.357. The van der Waals surface area contributed by atoms with Crippen molar-refractivity contribution in [3.05, 3.63) is 42.0 Å². The average Bonchev–Trinajstić information content (AvgIpc) is 2.84. The number of nitrogens with zero attached hydrogens (tertiary/aromatic N) is 2. The zero-order valence-electron chi connectivity index (χ0n) is 12.2. The van der Waals surface area contributed by atoms with Gasteiger partial charge in [-0.05, 0) is 31.0 Å². The van der Waals surface area contributed by atoms with Gasteiger partial charge >= 0.3 is 0 Å². The highest BCUT2D eigenvalue weighted by atomic mass is 32.2. The monoisotopic (exact) mass is 308 g/mol. The number of nitrogens with two attached hydrogens (primary N) is 1. The number of aromatic nitrogens is 2. The van der Waals surface area contributed by atoms with Gasteiger partial charge in [0, 0.05) is 24.6 Å². The van der Waals surface area contributed by atoms with Crippen LogP contribution in [-0.2, 0) is 23.1 Å². The molecule has 0 aliphatic carbocycles. The Bertz CT molecular complexity index is 722. The molecular formula is C14H20N4O2S. The lowest BCUT2D eigenvalue weighted by Crippen LogP contribution is -2.14. The van der Waals surface area contributed by atoms with Crippen molar-refractivity contribution in [1.29, 1.82) is 0 Å². The number of imidazole rings is 1. The van der Waals surface area contributed by atoms with E-state index in [2.05, 4.69) is 21.8 Å². The van der Waals surface area contributed by atoms with Crippen molar-refractivity contribution in [2.45, 2.75) is 38.3 Å². The number of hydrogen-bond donors (Lipinski definition) is 2. The molecule has 0 saturated carbocycles. The number of rotatable bonds is 6. The summed E-state index contributed by atoms with van der Waals surface area (Å²) in [6, 6.07) is 5.12. The van der Waals surface area contributed by atoms with E-state index in [0.717, 1.165) is 18.8 Å². The van der Waals surface area contributed by atoms with E-state index in [-0.39, 0.29) is 4.90 Å². The average molecular weight is 308 g/mol. The van der Waals surface area contributed by atoms with Crippen LogP contribution >= 0.6 is 0 Å². The number of nitrogens with one attached hydrogen (secondary N) is 1. The third kappa shape index (κ3) is 3.83. The number of aryl methyl sites for hydroxylation is 2. The lowest BCUT2D eigenvalue weighted by molar-refractivity contribution is 0.597. The second-order valence-corrected chi connectivity index (χ2v) is 6.45. The number of primary sulfonamides is 1. The first kappa shape index (κ1) is 15.5. The Kier molecular flexibility index (Phi) is 4.64. The minimum Gasteiger partial charge on any atom is -0.378 e. The Morgan fingerprint density at radius 1 is 1.38 bits per heavy atom. The Morgan fingerprint density at radius 3 is 2.81 bits per heavy atom. The molecule has 0 saturated heterocycles. The first-order chi connectivity index (χ1) is 9.91. The van der Waals surface area contributed by atoms with E-state index in [1.165, 1.54) is 0 Å². The quantitative estimate of drug-likeness (QED) is 0.852. The molecule has 6 nitrogen and oxygen atoms in total. The maximum absolute atomic E-state index is 11.5. The molecular weight excluding hydrogens is 288 g/mol. The van der Waals surface area contributed by atoms with Crippen LogP contribution < -0.4 is 10.5 Å². The van der Waals surface area contributed by atoms with Gasteiger partial charge in [-0.1, -0.05) is 13.0 Å². The SMILES string of the molecule is CCCn1ccnc1CNc1ccc(C)c(S(N)(=O)=O)c1. The van der Waals surface area contributed by atoms with Crippen molar-refractivity contribution >= 4 is 15.7 Å². The van der Waals surface area contributed by atoms with Gasteiger partial charge in [-0.25, -0.2) is 18.5 Å². The van der Waals surface area contributed by atoms with Crippen LogP contribution in [0.2, 0.25) is 0 Å². The molecule has 0 amide bonds. The predicted molar refractivity (Wildman–Crippen MR) is 82.4 cm³/mol. The molecule has 2 aromatic rings. The molecule has 0 atom stereocenters. The van der Waals surface area contributed by atoms with Crippen molar-refractivity contribution in [3.63, 3.8) is 0 Å². The molecule has 0 bridgehead atoms. The van der Waals surface area contributed by atoms with Gasteiger partial charge in [-0.3, -0.25) is 0 Å². The zero-order chi connectivity index (χ0) is 15.5. The fourth-order valence-electron chi connectivity index (χ4n) is 2.15. The van der Waals surface area contributed by atoms with Gasteiger partial charge in [0.05, 0.1) is 11.4 Å². The van der Waals surface area contributed by atoms with Gasteiger partial charge in [0.15, 0.2) is 0 Å². The summed E-state index contributed by atoms with van der Waals surface area (Å²) in [5.74, 6) is 0.912. The van der Waals surface area contributed by atoms with Crippen molar-refractivity contribution in [3.8, 4) is 0 Å². The smallest absolute Gasteiger partial charge is 0.238 e. The molecule has 0 spiro atoms. The Hall–Kier alpha value is -1.86. The molecule has 0 unspecified atom stereocenters. The van der Waals surface area contributed by atoms with Crippen molar-refractivity contribution in [2.75, 3.05) is 5.32 Å². The normalized spacial score (nSPS) is 11.6. The summed E-state index contributed by atoms with van der Waals surface area (Å²) in [5.41, 5.74) is 1.34. The van der Waals surface area contributed by atoms with Gasteiger partial charge in [-0.15, -0.1) is 0 Å². The Balaban J connectivity index is 2.15. The van der Waals surface area contributed by atoms with E-state index in [4.69, 9.17) is 5.14 Å². The van der Waals surface area contributed by atoms with Crippen LogP contribution in [0.4, 0.5) is 5.69 Å². The second-order valence-electron chi connectivity index (χ2n) is 4.92. The molecule has 0 fully saturated rings. The zero-order valence-corrected chi connectivity index (χ0v) is 13.0. The molecule has 7 heteroatoms. The van der Waals surface area contributed by atoms with Crippen LogP contribution in [0.25, 0.3) is 0 Å². The summed E-state index contributed by atoms with van der Waals surface area (Å²) in [7, 11) is -3.71. The highest BCUT2D eigenvalue weighted by Gasteiger charge is 2.12. The molecule has 0 aliphatic heterocycles. The lowest BCUT2D eigenvalue weighted by Gasteiger charge is -2.11. The number of hydrogen-bond acceptors (Lipinski definition) is 4. The minimum absolute atomic E-state index is 0.143. The Morgan fingerprint density at radius 2 is 2.14 bits per heavy atom. The highest BCUT2D eigenvalue weighted by Crippen LogP contribution is 2.19. The predicted octanol–water partition coefficient (Wildman–Crippen LogP) is 1.86. The molecule has 114 valence electrons. The third-order valence-corrected chi connectivity index (χ3v) is 4.26. The third-order valence-electron chi connectivity index (χ3n) is 3.21. The molecule has 0 aliphatic rings. The number of benzene rings is 1. The molecule has 1 heterocycles. The van der Waals surface area contributed by atoms with Crippen molar-refractivity contribution in [2.24, 2.45) is 5.14 Å². The lowest BCUT2D eigenvalue weighted by atomic mass is 10.2. The Labute approximate surface area is 125 Å². The molecule has 21 heavy (non-hydrogen) atoms. The van der Waals surface area contributed by atoms with Crippen LogP contribution in [0, 0.1) is 6.92 Å². The molecule has 1 aromatic carbocycles. The molecule has 0 radical (unpaired) electrons. The van der Waals surface area contributed by atoms with Gasteiger partial charge in [0.2, 0.25) is 10.0 Å². The fourth-order valence-corrected chi connectivity index (χ4v) is 2.96. The first-order valence-electron chi connectivity index (χ1n) is 6.79. The summed E-state index contributed by atoms with van der Waals surface area (Å²) in [6.07, 6.45) is 4.73. The van der Waals surface area contributed by atoms with Gasteiger partial charge in [0.25, 0.3) is 0 Å². The number of sulfonamides is 1. The molecule has 3 N–H and O–H groups in total. The van der Waals surface area contributed by atoms with Crippen LogP contribution in [0.3, 0.4) is 0 Å². The van der Waals surface area contributed by atoms with Crippen LogP contribution in [0.1, 0.15) is 24.7 Å². The molecule has 1 aromatic heterocycles. The van der Waals surface area contributed by atoms with E-state index < -0.39 is 10.0 Å². The van der Waals surface area contributed by atoms with E-state index >= 15 is 0 Å². The topological polar surface area (TPSA) is 90.0 Å². The summed E-state index contributed by atoms with van der Waals surface area (Å²) in [4.78, 5) is 4.44. The highest BCUT2D eigenvalue weighted by molar-refractivity contribution is 7.89. The van der Waals surface area contributed by atoms with E-state index in [9.17, 15) is 8.42 Å².